The Kier molecular flexibility index (Phi) is 5.65. The van der Waals surface area contributed by atoms with Crippen LogP contribution in [0, 0.1) is 0 Å². The van der Waals surface area contributed by atoms with Gasteiger partial charge in [0.25, 0.3) is 0 Å². The highest BCUT2D eigenvalue weighted by Crippen LogP contribution is 2.38. The molecule has 0 saturated heterocycles. The zero-order chi connectivity index (χ0) is 17.2. The Morgan fingerprint density at radius 1 is 1.13 bits per heavy atom. The predicted molar refractivity (Wildman–Crippen MR) is 87.7 cm³/mol. The molecule has 0 atom stereocenters. The molecule has 1 heterocycles. The average molecular weight is 365 g/mol. The second-order valence-electron chi connectivity index (χ2n) is 5.56. The number of aryl methyl sites for hydroxylation is 1. The van der Waals surface area contributed by atoms with E-state index in [2.05, 4.69) is 4.90 Å². The van der Waals surface area contributed by atoms with Crippen molar-refractivity contribution in [3.05, 3.63) is 51.8 Å². The van der Waals surface area contributed by atoms with Gasteiger partial charge in [-0.2, -0.15) is 13.2 Å². The summed E-state index contributed by atoms with van der Waals surface area (Å²) in [7, 11) is 3.98. The maximum Gasteiger partial charge on any atom is 0.416 e. The maximum atomic E-state index is 12.8. The predicted octanol–water partition coefficient (Wildman–Crippen LogP) is 5.30. The van der Waals surface area contributed by atoms with Crippen molar-refractivity contribution in [2.45, 2.75) is 19.0 Å². The van der Waals surface area contributed by atoms with Crippen molar-refractivity contribution >= 4 is 23.2 Å². The smallest absolute Gasteiger partial charge is 0.318 e. The lowest BCUT2D eigenvalue weighted by Crippen LogP contribution is -2.14. The molecule has 0 N–H and O–H groups in total. The van der Waals surface area contributed by atoms with E-state index in [1.807, 2.05) is 26.2 Å². The topological polar surface area (TPSA) is 8.17 Å². The molecule has 7 heteroatoms. The summed E-state index contributed by atoms with van der Waals surface area (Å²) in [6.07, 6.45) is -1.02. The third-order valence-electron chi connectivity index (χ3n) is 3.46. The van der Waals surface area contributed by atoms with Crippen LogP contribution < -0.4 is 0 Å². The second-order valence-corrected chi connectivity index (χ2v) is 6.38. The van der Waals surface area contributed by atoms with Crippen molar-refractivity contribution in [1.82, 2.24) is 9.47 Å². The van der Waals surface area contributed by atoms with Gasteiger partial charge in [0.2, 0.25) is 0 Å². The molecule has 23 heavy (non-hydrogen) atoms. The highest BCUT2D eigenvalue weighted by atomic mass is 35.5. The standard InChI is InChI=1S/C16H17Cl2F3N2/c1-22(2)7-3-5-12-6-4-8-23(12)15-13(17)9-11(10-14(15)18)16(19,20)21/h4,6,8-10H,3,5,7H2,1-2H3. The Morgan fingerprint density at radius 2 is 1.74 bits per heavy atom. The van der Waals surface area contributed by atoms with Gasteiger partial charge in [-0.1, -0.05) is 23.2 Å². The van der Waals surface area contributed by atoms with E-state index in [4.69, 9.17) is 23.2 Å². The van der Waals surface area contributed by atoms with Gasteiger partial charge in [-0.15, -0.1) is 0 Å². The Hall–Kier alpha value is -1.17. The average Bonchev–Trinajstić information content (AvgIpc) is 2.84. The van der Waals surface area contributed by atoms with E-state index >= 15 is 0 Å². The Morgan fingerprint density at radius 3 is 2.26 bits per heavy atom. The fourth-order valence-corrected chi connectivity index (χ4v) is 3.04. The summed E-state index contributed by atoms with van der Waals surface area (Å²) >= 11 is 12.2. The van der Waals surface area contributed by atoms with E-state index in [9.17, 15) is 13.2 Å². The van der Waals surface area contributed by atoms with E-state index in [0.29, 0.717) is 5.69 Å². The second kappa shape index (κ2) is 7.16. The van der Waals surface area contributed by atoms with Gasteiger partial charge in [-0.25, -0.2) is 0 Å². The van der Waals surface area contributed by atoms with Crippen LogP contribution in [0.2, 0.25) is 10.0 Å². The van der Waals surface area contributed by atoms with Crippen LogP contribution in [-0.4, -0.2) is 30.1 Å². The summed E-state index contributed by atoms with van der Waals surface area (Å²) in [5.74, 6) is 0. The van der Waals surface area contributed by atoms with Gasteiger partial charge >= 0.3 is 6.18 Å². The number of halogens is 5. The Bertz CT molecular complexity index is 655. The monoisotopic (exact) mass is 364 g/mol. The van der Waals surface area contributed by atoms with Crippen LogP contribution in [0.3, 0.4) is 0 Å². The molecule has 0 spiro atoms. The number of hydrogen-bond donors (Lipinski definition) is 0. The molecule has 1 aromatic carbocycles. The summed E-state index contributed by atoms with van der Waals surface area (Å²) < 4.78 is 40.2. The molecule has 0 aliphatic carbocycles. The molecule has 0 bridgehead atoms. The van der Waals surface area contributed by atoms with E-state index in [1.165, 1.54) is 0 Å². The third-order valence-corrected chi connectivity index (χ3v) is 4.03. The summed E-state index contributed by atoms with van der Waals surface area (Å²) in [4.78, 5) is 2.07. The van der Waals surface area contributed by atoms with Crippen LogP contribution in [0.15, 0.2) is 30.5 Å². The van der Waals surface area contributed by atoms with E-state index in [-0.39, 0.29) is 10.0 Å². The molecule has 0 radical (unpaired) electrons. The van der Waals surface area contributed by atoms with Crippen LogP contribution in [0.4, 0.5) is 13.2 Å². The molecule has 2 aromatic rings. The molecule has 0 fully saturated rings. The molecular formula is C16H17Cl2F3N2. The summed E-state index contributed by atoms with van der Waals surface area (Å²) in [5.41, 5.74) is 0.485. The number of benzene rings is 1. The lowest BCUT2D eigenvalue weighted by atomic mass is 10.1. The molecule has 126 valence electrons. The molecule has 0 unspecified atom stereocenters. The lowest BCUT2D eigenvalue weighted by molar-refractivity contribution is -0.137. The van der Waals surface area contributed by atoms with E-state index in [1.54, 1.807) is 10.8 Å². The minimum absolute atomic E-state index is 0.0186. The molecule has 2 nitrogen and oxygen atoms in total. The normalized spacial score (nSPS) is 12.2. The highest BCUT2D eigenvalue weighted by molar-refractivity contribution is 6.37. The fraction of sp³-hybridized carbons (Fsp3) is 0.375. The van der Waals surface area contributed by atoms with Gasteiger partial charge in [-0.05, 0) is 57.7 Å². The maximum absolute atomic E-state index is 12.8. The fourth-order valence-electron chi connectivity index (χ4n) is 2.37. The van der Waals surface area contributed by atoms with Gasteiger partial charge in [0, 0.05) is 11.9 Å². The minimum Gasteiger partial charge on any atom is -0.318 e. The van der Waals surface area contributed by atoms with Crippen molar-refractivity contribution < 1.29 is 13.2 Å². The van der Waals surface area contributed by atoms with Crippen LogP contribution >= 0.6 is 23.2 Å². The minimum atomic E-state index is -4.48. The SMILES string of the molecule is CN(C)CCCc1cccn1-c1c(Cl)cc(C(F)(F)F)cc1Cl. The van der Waals surface area contributed by atoms with Crippen molar-refractivity contribution in [3.8, 4) is 5.69 Å². The molecule has 0 saturated carbocycles. The quantitative estimate of drug-likeness (QED) is 0.698. The number of nitrogens with zero attached hydrogens (tertiary/aromatic N) is 2. The van der Waals surface area contributed by atoms with E-state index in [0.717, 1.165) is 37.2 Å². The first-order valence-electron chi connectivity index (χ1n) is 7.07. The van der Waals surface area contributed by atoms with Crippen LogP contribution in [0.1, 0.15) is 17.7 Å². The van der Waals surface area contributed by atoms with Crippen molar-refractivity contribution in [2.24, 2.45) is 0 Å². The number of rotatable bonds is 5. The largest absolute Gasteiger partial charge is 0.416 e. The molecule has 1 aromatic heterocycles. The van der Waals surface area contributed by atoms with Gasteiger partial charge in [0.05, 0.1) is 21.3 Å². The first-order valence-corrected chi connectivity index (χ1v) is 7.83. The summed E-state index contributed by atoms with van der Waals surface area (Å²) in [6.45, 7) is 0.916. The third kappa shape index (κ3) is 4.43. The van der Waals surface area contributed by atoms with Crippen LogP contribution in [-0.2, 0) is 12.6 Å². The van der Waals surface area contributed by atoms with Crippen LogP contribution in [0.25, 0.3) is 5.69 Å². The first-order chi connectivity index (χ1) is 10.7. The van der Waals surface area contributed by atoms with Gasteiger partial charge in [0.15, 0.2) is 0 Å². The first kappa shape index (κ1) is 18.2. The Balaban J connectivity index is 2.35. The van der Waals surface area contributed by atoms with Gasteiger partial charge in [-0.3, -0.25) is 0 Å². The molecule has 0 aliphatic heterocycles. The molecule has 0 amide bonds. The number of aromatic nitrogens is 1. The van der Waals surface area contributed by atoms with Crippen molar-refractivity contribution in [1.29, 1.82) is 0 Å². The Labute approximate surface area is 143 Å². The summed E-state index contributed by atoms with van der Waals surface area (Å²) in [6, 6.07) is 5.56. The number of alkyl halides is 3. The lowest BCUT2D eigenvalue weighted by Gasteiger charge is -2.16. The van der Waals surface area contributed by atoms with Crippen LogP contribution in [0.5, 0.6) is 0 Å². The van der Waals surface area contributed by atoms with Gasteiger partial charge < -0.3 is 9.47 Å². The van der Waals surface area contributed by atoms with E-state index < -0.39 is 11.7 Å². The molecule has 0 aliphatic rings. The van der Waals surface area contributed by atoms with Gasteiger partial charge in [0.1, 0.15) is 0 Å². The molecular weight excluding hydrogens is 348 g/mol. The molecule has 2 rings (SSSR count). The number of hydrogen-bond acceptors (Lipinski definition) is 1. The zero-order valence-corrected chi connectivity index (χ0v) is 14.3. The van der Waals surface area contributed by atoms with Crippen molar-refractivity contribution in [2.75, 3.05) is 20.6 Å². The van der Waals surface area contributed by atoms with Crippen molar-refractivity contribution in [3.63, 3.8) is 0 Å². The summed E-state index contributed by atoms with van der Waals surface area (Å²) in [5, 5.41) is -0.0373. The highest BCUT2D eigenvalue weighted by Gasteiger charge is 2.32. The zero-order valence-electron chi connectivity index (χ0n) is 12.8.